The molecule has 1 heterocycles. The molecule has 3 rings (SSSR count). The number of hydrogen-bond acceptors (Lipinski definition) is 3. The lowest BCUT2D eigenvalue weighted by Gasteiger charge is -2.17. The molecule has 0 aliphatic rings. The lowest BCUT2D eigenvalue weighted by molar-refractivity contribution is 0.0934. The number of hydrogen-bond donors (Lipinski definition) is 1. The Labute approximate surface area is 152 Å². The molecule has 0 spiro atoms. The van der Waals surface area contributed by atoms with Crippen molar-refractivity contribution in [1.82, 2.24) is 15.1 Å². The molecule has 1 amide bonds. The van der Waals surface area contributed by atoms with Crippen molar-refractivity contribution in [3.8, 4) is 0 Å². The number of carbonyl (C=O) groups is 1. The molecule has 0 radical (unpaired) electrons. The van der Waals surface area contributed by atoms with Gasteiger partial charge >= 0.3 is 0 Å². The topological polar surface area (TPSA) is 64.0 Å². The number of nitrogens with one attached hydrogen (secondary N) is 1. The second-order valence-electron chi connectivity index (χ2n) is 6.47. The van der Waals surface area contributed by atoms with Crippen LogP contribution in [-0.4, -0.2) is 15.7 Å². The summed E-state index contributed by atoms with van der Waals surface area (Å²) in [5.41, 5.74) is 2.31. The summed E-state index contributed by atoms with van der Waals surface area (Å²) >= 11 is 0. The van der Waals surface area contributed by atoms with Crippen molar-refractivity contribution in [2.24, 2.45) is 0 Å². The van der Waals surface area contributed by atoms with Gasteiger partial charge in [0.05, 0.1) is 11.4 Å². The van der Waals surface area contributed by atoms with Gasteiger partial charge in [-0.25, -0.2) is 4.68 Å². The van der Waals surface area contributed by atoms with Gasteiger partial charge in [0.2, 0.25) is 0 Å². The fourth-order valence-corrected chi connectivity index (χ4v) is 3.18. The van der Waals surface area contributed by atoms with Gasteiger partial charge in [0.15, 0.2) is 5.69 Å². The first-order valence-electron chi connectivity index (χ1n) is 8.89. The summed E-state index contributed by atoms with van der Waals surface area (Å²) in [6.45, 7) is 6.43. The van der Waals surface area contributed by atoms with Gasteiger partial charge in [-0.2, -0.15) is 5.10 Å². The lowest BCUT2D eigenvalue weighted by atomic mass is 10.0. The predicted octanol–water partition coefficient (Wildman–Crippen LogP) is 3.61. The molecule has 0 aliphatic heterocycles. The Hall–Kier alpha value is -2.95. The second kappa shape index (κ2) is 7.52. The normalized spacial score (nSPS) is 12.1. The van der Waals surface area contributed by atoms with Crippen LogP contribution in [0.2, 0.25) is 0 Å². The molecule has 5 heteroatoms. The van der Waals surface area contributed by atoms with E-state index in [0.29, 0.717) is 17.3 Å². The summed E-state index contributed by atoms with van der Waals surface area (Å²) < 4.78 is 1.38. The van der Waals surface area contributed by atoms with Crippen LogP contribution in [0.25, 0.3) is 10.8 Å². The lowest BCUT2D eigenvalue weighted by Crippen LogP contribution is -2.32. The highest BCUT2D eigenvalue weighted by Gasteiger charge is 2.19. The monoisotopic (exact) mass is 349 g/mol. The third kappa shape index (κ3) is 3.38. The molecule has 0 saturated heterocycles. The molecule has 3 aromatic rings. The number of aryl methyl sites for hydroxylation is 2. The fourth-order valence-electron chi connectivity index (χ4n) is 3.18. The van der Waals surface area contributed by atoms with Gasteiger partial charge in [-0.05, 0) is 37.5 Å². The van der Waals surface area contributed by atoms with Crippen LogP contribution in [0.3, 0.4) is 0 Å². The van der Waals surface area contributed by atoms with E-state index in [1.165, 1.54) is 4.68 Å². The molecule has 134 valence electrons. The molecule has 1 aromatic heterocycles. The molecule has 1 atom stereocenters. The summed E-state index contributed by atoms with van der Waals surface area (Å²) in [6, 6.07) is 14.9. The highest BCUT2D eigenvalue weighted by molar-refractivity contribution is 6.04. The smallest absolute Gasteiger partial charge is 0.274 e. The Balaban J connectivity index is 2.01. The molecule has 0 unspecified atom stereocenters. The zero-order valence-corrected chi connectivity index (χ0v) is 15.3. The number of rotatable bonds is 5. The number of amides is 1. The molecule has 0 aliphatic carbocycles. The molecular weight excluding hydrogens is 326 g/mol. The first-order chi connectivity index (χ1) is 12.5. The summed E-state index contributed by atoms with van der Waals surface area (Å²) in [4.78, 5) is 25.5. The van der Waals surface area contributed by atoms with Crippen molar-refractivity contribution in [2.45, 2.75) is 39.8 Å². The van der Waals surface area contributed by atoms with Crippen LogP contribution in [0.15, 0.2) is 53.3 Å². The maximum atomic E-state index is 12.9. The largest absolute Gasteiger partial charge is 0.344 e. The molecule has 1 N–H and O–H groups in total. The minimum Gasteiger partial charge on any atom is -0.344 e. The van der Waals surface area contributed by atoms with E-state index in [1.54, 1.807) is 18.2 Å². The number of fused-ring (bicyclic) bond motifs is 1. The van der Waals surface area contributed by atoms with Gasteiger partial charge < -0.3 is 5.32 Å². The number of nitrogens with zero attached hydrogens (tertiary/aromatic N) is 2. The van der Waals surface area contributed by atoms with Gasteiger partial charge in [-0.1, -0.05) is 49.4 Å². The van der Waals surface area contributed by atoms with Crippen LogP contribution in [-0.2, 0) is 6.54 Å². The molecule has 5 nitrogen and oxygen atoms in total. The molecule has 0 fully saturated rings. The van der Waals surface area contributed by atoms with E-state index in [1.807, 2.05) is 51.1 Å². The van der Waals surface area contributed by atoms with E-state index >= 15 is 0 Å². The summed E-state index contributed by atoms with van der Waals surface area (Å²) in [5.74, 6) is -0.276. The van der Waals surface area contributed by atoms with Crippen LogP contribution in [0.4, 0.5) is 0 Å². The molecular formula is C21H23N3O2. The number of aromatic nitrogens is 2. The third-order valence-corrected chi connectivity index (χ3v) is 4.52. The van der Waals surface area contributed by atoms with Crippen LogP contribution in [0.1, 0.15) is 47.9 Å². The van der Waals surface area contributed by atoms with E-state index in [9.17, 15) is 9.59 Å². The highest BCUT2D eigenvalue weighted by atomic mass is 16.2. The average Bonchev–Trinajstić information content (AvgIpc) is 2.64. The maximum absolute atomic E-state index is 12.9. The summed E-state index contributed by atoms with van der Waals surface area (Å²) in [7, 11) is 0. The maximum Gasteiger partial charge on any atom is 0.274 e. The average molecular weight is 349 g/mol. The Morgan fingerprint density at radius 3 is 2.46 bits per heavy atom. The Morgan fingerprint density at radius 1 is 1.12 bits per heavy atom. The van der Waals surface area contributed by atoms with Gasteiger partial charge in [0.1, 0.15) is 0 Å². The van der Waals surface area contributed by atoms with Crippen LogP contribution in [0.5, 0.6) is 0 Å². The Bertz CT molecular complexity index is 1010. The summed E-state index contributed by atoms with van der Waals surface area (Å²) in [6.07, 6.45) is 0.770. The van der Waals surface area contributed by atoms with Crippen LogP contribution in [0, 0.1) is 6.92 Å². The zero-order chi connectivity index (χ0) is 18.7. The first-order valence-corrected chi connectivity index (χ1v) is 8.89. The molecule has 2 aromatic carbocycles. The van der Waals surface area contributed by atoms with Crippen LogP contribution < -0.4 is 10.9 Å². The Morgan fingerprint density at radius 2 is 1.77 bits per heavy atom. The molecule has 26 heavy (non-hydrogen) atoms. The molecule has 0 saturated carbocycles. The van der Waals surface area contributed by atoms with E-state index in [4.69, 9.17) is 0 Å². The van der Waals surface area contributed by atoms with Crippen molar-refractivity contribution in [1.29, 1.82) is 0 Å². The standard InChI is InChI=1S/C21H23N3O2/c1-4-13-24-21(26)18-12-8-7-11-17(18)19(23-24)20(25)22-15(3)16-10-6-5-9-14(16)2/h5-12,15H,4,13H2,1-3H3,(H,22,25)/t15-/m1/s1. The van der Waals surface area contributed by atoms with Crippen molar-refractivity contribution < 1.29 is 4.79 Å². The van der Waals surface area contributed by atoms with E-state index < -0.39 is 0 Å². The van der Waals surface area contributed by atoms with Crippen molar-refractivity contribution in [2.75, 3.05) is 0 Å². The zero-order valence-electron chi connectivity index (χ0n) is 15.3. The predicted molar refractivity (Wildman–Crippen MR) is 103 cm³/mol. The van der Waals surface area contributed by atoms with E-state index in [-0.39, 0.29) is 23.2 Å². The minimum atomic E-state index is -0.276. The minimum absolute atomic E-state index is 0.157. The van der Waals surface area contributed by atoms with Crippen LogP contribution >= 0.6 is 0 Å². The van der Waals surface area contributed by atoms with Crippen molar-refractivity contribution >= 4 is 16.7 Å². The second-order valence-corrected chi connectivity index (χ2v) is 6.47. The van der Waals surface area contributed by atoms with Gasteiger partial charge in [-0.15, -0.1) is 0 Å². The van der Waals surface area contributed by atoms with E-state index in [2.05, 4.69) is 10.4 Å². The molecule has 0 bridgehead atoms. The van der Waals surface area contributed by atoms with Gasteiger partial charge in [-0.3, -0.25) is 9.59 Å². The van der Waals surface area contributed by atoms with Crippen molar-refractivity contribution in [3.63, 3.8) is 0 Å². The number of carbonyl (C=O) groups excluding carboxylic acids is 1. The highest BCUT2D eigenvalue weighted by Crippen LogP contribution is 2.19. The third-order valence-electron chi connectivity index (χ3n) is 4.52. The Kier molecular flexibility index (Phi) is 5.16. The number of benzene rings is 2. The first kappa shape index (κ1) is 17.9. The van der Waals surface area contributed by atoms with E-state index in [0.717, 1.165) is 17.5 Å². The van der Waals surface area contributed by atoms with Gasteiger partial charge in [0, 0.05) is 11.9 Å². The van der Waals surface area contributed by atoms with Gasteiger partial charge in [0.25, 0.3) is 11.5 Å². The van der Waals surface area contributed by atoms with Crippen molar-refractivity contribution in [3.05, 3.63) is 75.7 Å². The quantitative estimate of drug-likeness (QED) is 0.765. The fraction of sp³-hybridized carbons (Fsp3) is 0.286. The SMILES string of the molecule is CCCn1nc(C(=O)N[C@H](C)c2ccccc2C)c2ccccc2c1=O. The summed E-state index contributed by atoms with van der Waals surface area (Å²) in [5, 5.41) is 8.47.